The first-order valence-corrected chi connectivity index (χ1v) is 7.71. The first-order valence-electron chi connectivity index (χ1n) is 7.71. The standard InChI is InChI=1S/C16H30N2O2/c1-11(2)8-12-13(19)18(7)16(20-12)9-14(3,4)17-15(5,6)10-16/h11-12,17H,8-10H2,1-7H3. The summed E-state index contributed by atoms with van der Waals surface area (Å²) in [7, 11) is 1.90. The van der Waals surface area contributed by atoms with E-state index in [1.807, 2.05) is 11.9 Å². The van der Waals surface area contributed by atoms with Gasteiger partial charge in [-0.25, -0.2) is 0 Å². The van der Waals surface area contributed by atoms with Crippen molar-refractivity contribution in [2.45, 2.75) is 83.7 Å². The number of ether oxygens (including phenoxy) is 1. The molecule has 1 atom stereocenters. The van der Waals surface area contributed by atoms with E-state index in [2.05, 4.69) is 46.9 Å². The van der Waals surface area contributed by atoms with Gasteiger partial charge < -0.3 is 15.0 Å². The van der Waals surface area contributed by atoms with Crippen LogP contribution in [0.25, 0.3) is 0 Å². The highest BCUT2D eigenvalue weighted by Gasteiger charge is 2.57. The summed E-state index contributed by atoms with van der Waals surface area (Å²) >= 11 is 0. The van der Waals surface area contributed by atoms with Gasteiger partial charge in [0.25, 0.3) is 5.91 Å². The molecular formula is C16H30N2O2. The summed E-state index contributed by atoms with van der Waals surface area (Å²) in [6.45, 7) is 13.0. The molecular weight excluding hydrogens is 252 g/mol. The van der Waals surface area contributed by atoms with Crippen molar-refractivity contribution >= 4 is 5.91 Å². The maximum Gasteiger partial charge on any atom is 0.253 e. The molecule has 2 fully saturated rings. The van der Waals surface area contributed by atoms with Crippen molar-refractivity contribution in [3.63, 3.8) is 0 Å². The average Bonchev–Trinajstić information content (AvgIpc) is 2.38. The third-order valence-electron chi connectivity index (χ3n) is 4.38. The van der Waals surface area contributed by atoms with Crippen LogP contribution >= 0.6 is 0 Å². The molecule has 0 aromatic heterocycles. The van der Waals surface area contributed by atoms with Gasteiger partial charge in [0.15, 0.2) is 0 Å². The van der Waals surface area contributed by atoms with Gasteiger partial charge in [0.2, 0.25) is 0 Å². The zero-order valence-corrected chi connectivity index (χ0v) is 14.0. The minimum absolute atomic E-state index is 0.0387. The highest BCUT2D eigenvalue weighted by atomic mass is 16.6. The van der Waals surface area contributed by atoms with E-state index in [0.717, 1.165) is 19.3 Å². The Morgan fingerprint density at radius 3 is 2.20 bits per heavy atom. The molecule has 2 saturated heterocycles. The third kappa shape index (κ3) is 2.86. The van der Waals surface area contributed by atoms with Crippen molar-refractivity contribution in [1.82, 2.24) is 10.2 Å². The molecule has 0 aliphatic carbocycles. The predicted octanol–water partition coefficient (Wildman–Crippen LogP) is 2.53. The van der Waals surface area contributed by atoms with Crippen molar-refractivity contribution < 1.29 is 9.53 Å². The maximum absolute atomic E-state index is 12.5. The van der Waals surface area contributed by atoms with Crippen LogP contribution in [0.2, 0.25) is 0 Å². The number of nitrogens with zero attached hydrogens (tertiary/aromatic N) is 1. The van der Waals surface area contributed by atoms with E-state index in [9.17, 15) is 4.79 Å². The first kappa shape index (κ1) is 15.8. The molecule has 0 aromatic rings. The van der Waals surface area contributed by atoms with E-state index in [1.165, 1.54) is 0 Å². The molecule has 0 aromatic carbocycles. The topological polar surface area (TPSA) is 41.6 Å². The van der Waals surface area contributed by atoms with Crippen molar-refractivity contribution in [3.05, 3.63) is 0 Å². The number of nitrogens with one attached hydrogen (secondary N) is 1. The van der Waals surface area contributed by atoms with Crippen LogP contribution in [0.3, 0.4) is 0 Å². The van der Waals surface area contributed by atoms with Gasteiger partial charge in [-0.05, 0) is 40.0 Å². The molecule has 2 heterocycles. The van der Waals surface area contributed by atoms with Gasteiger partial charge in [0.05, 0.1) is 0 Å². The summed E-state index contributed by atoms with van der Waals surface area (Å²) in [5.74, 6) is 0.613. The normalized spacial score (nSPS) is 31.3. The van der Waals surface area contributed by atoms with Gasteiger partial charge in [-0.3, -0.25) is 4.79 Å². The van der Waals surface area contributed by atoms with Crippen molar-refractivity contribution in [2.24, 2.45) is 5.92 Å². The summed E-state index contributed by atoms with van der Waals surface area (Å²) in [6.07, 6.45) is 2.20. The molecule has 1 N–H and O–H groups in total. The van der Waals surface area contributed by atoms with Gasteiger partial charge in [-0.2, -0.15) is 0 Å². The predicted molar refractivity (Wildman–Crippen MR) is 80.4 cm³/mol. The molecule has 1 unspecified atom stereocenters. The molecule has 116 valence electrons. The minimum atomic E-state index is -0.450. The largest absolute Gasteiger partial charge is 0.342 e. The van der Waals surface area contributed by atoms with Crippen LogP contribution < -0.4 is 5.32 Å². The summed E-state index contributed by atoms with van der Waals surface area (Å²) in [5, 5.41) is 3.66. The SMILES string of the molecule is CC(C)CC1OC2(CC(C)(C)NC(C)(C)C2)N(C)C1=O. The zero-order valence-electron chi connectivity index (χ0n) is 14.0. The Bertz CT molecular complexity index is 385. The van der Waals surface area contributed by atoms with Gasteiger partial charge in [0.1, 0.15) is 11.8 Å². The molecule has 4 heteroatoms. The van der Waals surface area contributed by atoms with Crippen LogP contribution in [0.15, 0.2) is 0 Å². The number of amides is 1. The Kier molecular flexibility index (Phi) is 3.71. The van der Waals surface area contributed by atoms with E-state index in [1.54, 1.807) is 0 Å². The highest BCUT2D eigenvalue weighted by Crippen LogP contribution is 2.45. The molecule has 0 radical (unpaired) electrons. The molecule has 2 aliphatic heterocycles. The molecule has 1 spiro atoms. The van der Waals surface area contributed by atoms with Gasteiger partial charge >= 0.3 is 0 Å². The van der Waals surface area contributed by atoms with Crippen LogP contribution in [0.5, 0.6) is 0 Å². The third-order valence-corrected chi connectivity index (χ3v) is 4.38. The number of rotatable bonds is 2. The number of carbonyl (C=O) groups is 1. The molecule has 20 heavy (non-hydrogen) atoms. The smallest absolute Gasteiger partial charge is 0.253 e. The fraction of sp³-hybridized carbons (Fsp3) is 0.938. The Morgan fingerprint density at radius 1 is 1.25 bits per heavy atom. The monoisotopic (exact) mass is 282 g/mol. The Morgan fingerprint density at radius 2 is 1.75 bits per heavy atom. The van der Waals surface area contributed by atoms with E-state index < -0.39 is 5.72 Å². The molecule has 2 rings (SSSR count). The number of piperidine rings is 1. The van der Waals surface area contributed by atoms with Crippen molar-refractivity contribution in [3.8, 4) is 0 Å². The second-order valence-corrected chi connectivity index (χ2v) is 8.33. The van der Waals surface area contributed by atoms with Crippen LogP contribution in [0, 0.1) is 5.92 Å². The number of carbonyl (C=O) groups excluding carboxylic acids is 1. The quantitative estimate of drug-likeness (QED) is 0.846. The molecule has 4 nitrogen and oxygen atoms in total. The van der Waals surface area contributed by atoms with E-state index in [0.29, 0.717) is 5.92 Å². The van der Waals surface area contributed by atoms with Crippen LogP contribution in [0.1, 0.15) is 60.8 Å². The Labute approximate surface area is 123 Å². The fourth-order valence-electron chi connectivity index (χ4n) is 4.16. The van der Waals surface area contributed by atoms with E-state index >= 15 is 0 Å². The lowest BCUT2D eigenvalue weighted by Gasteiger charge is -2.52. The second kappa shape index (κ2) is 4.70. The van der Waals surface area contributed by atoms with Crippen LogP contribution in [-0.2, 0) is 9.53 Å². The zero-order chi connectivity index (χ0) is 15.3. The molecule has 0 saturated carbocycles. The Balaban J connectivity index is 2.28. The summed E-state index contributed by atoms with van der Waals surface area (Å²) < 4.78 is 6.33. The first-order chi connectivity index (χ1) is 8.96. The number of likely N-dealkylation sites (N-methyl/N-ethyl adjacent to an activating group) is 1. The second-order valence-electron chi connectivity index (χ2n) is 8.33. The number of hydrogen-bond acceptors (Lipinski definition) is 3. The van der Waals surface area contributed by atoms with Crippen LogP contribution in [-0.4, -0.2) is 40.8 Å². The molecule has 2 aliphatic rings. The van der Waals surface area contributed by atoms with E-state index in [-0.39, 0.29) is 23.1 Å². The summed E-state index contributed by atoms with van der Waals surface area (Å²) in [6, 6.07) is 0. The van der Waals surface area contributed by atoms with Gasteiger partial charge in [-0.15, -0.1) is 0 Å². The maximum atomic E-state index is 12.5. The van der Waals surface area contributed by atoms with Crippen molar-refractivity contribution in [2.75, 3.05) is 7.05 Å². The van der Waals surface area contributed by atoms with Crippen LogP contribution in [0.4, 0.5) is 0 Å². The Hall–Kier alpha value is -0.610. The van der Waals surface area contributed by atoms with Gasteiger partial charge in [-0.1, -0.05) is 13.8 Å². The van der Waals surface area contributed by atoms with E-state index in [4.69, 9.17) is 4.74 Å². The average molecular weight is 282 g/mol. The molecule has 0 bridgehead atoms. The lowest BCUT2D eigenvalue weighted by atomic mass is 9.77. The number of hydrogen-bond donors (Lipinski definition) is 1. The fourth-order valence-corrected chi connectivity index (χ4v) is 4.16. The van der Waals surface area contributed by atoms with Gasteiger partial charge in [0, 0.05) is 31.0 Å². The summed E-state index contributed by atoms with van der Waals surface area (Å²) in [4.78, 5) is 14.4. The lowest BCUT2D eigenvalue weighted by molar-refractivity contribution is -0.156. The van der Waals surface area contributed by atoms with Crippen molar-refractivity contribution in [1.29, 1.82) is 0 Å². The summed E-state index contributed by atoms with van der Waals surface area (Å²) in [5.41, 5.74) is -0.527. The minimum Gasteiger partial charge on any atom is -0.342 e. The molecule has 1 amide bonds. The lowest BCUT2D eigenvalue weighted by Crippen LogP contribution is -2.66. The highest BCUT2D eigenvalue weighted by molar-refractivity contribution is 5.83.